The summed E-state index contributed by atoms with van der Waals surface area (Å²) in [5, 5.41) is 4.31. The highest BCUT2D eigenvalue weighted by Crippen LogP contribution is 2.27. The molecule has 10 heteroatoms. The Hall–Kier alpha value is -3.88. The van der Waals surface area contributed by atoms with E-state index in [9.17, 15) is 19.2 Å². The van der Waals surface area contributed by atoms with E-state index >= 15 is 0 Å². The van der Waals surface area contributed by atoms with Gasteiger partial charge in [-0.15, -0.1) is 0 Å². The maximum atomic E-state index is 13.3. The number of nitrogens with one attached hydrogen (secondary N) is 2. The largest absolute Gasteiger partial charge is 0.455 e. The lowest BCUT2D eigenvalue weighted by Gasteiger charge is -2.23. The fourth-order valence-corrected chi connectivity index (χ4v) is 4.44. The smallest absolute Gasteiger partial charge is 0.311 e. The fraction of sp³-hybridized carbons (Fsp3) is 0.185. The maximum Gasteiger partial charge on any atom is 0.311 e. The van der Waals surface area contributed by atoms with Crippen molar-refractivity contribution in [3.8, 4) is 0 Å². The molecule has 0 bridgehead atoms. The van der Waals surface area contributed by atoms with Crippen molar-refractivity contribution >= 4 is 52.6 Å². The topological polar surface area (TPSA) is 105 Å². The summed E-state index contributed by atoms with van der Waals surface area (Å²) in [6.45, 7) is -0.622. The van der Waals surface area contributed by atoms with Crippen molar-refractivity contribution in [1.29, 1.82) is 0 Å². The van der Waals surface area contributed by atoms with Gasteiger partial charge in [0.05, 0.1) is 29.1 Å². The third-order valence-corrected chi connectivity index (χ3v) is 6.33. The molecule has 1 atom stereocenters. The molecule has 0 saturated carbocycles. The van der Waals surface area contributed by atoms with Crippen LogP contribution in [-0.4, -0.2) is 41.9 Å². The summed E-state index contributed by atoms with van der Waals surface area (Å²) in [7, 11) is 0. The summed E-state index contributed by atoms with van der Waals surface area (Å²) in [4.78, 5) is 50.5. The summed E-state index contributed by atoms with van der Waals surface area (Å²) in [5.74, 6) is -3.62. The molecular weight excluding hydrogens is 517 g/mol. The molecule has 1 saturated heterocycles. The molecule has 1 aliphatic rings. The monoisotopic (exact) mass is 539 g/mol. The van der Waals surface area contributed by atoms with Crippen LogP contribution in [-0.2, 0) is 23.9 Å². The average molecular weight is 540 g/mol. The molecule has 0 spiro atoms. The molecule has 1 aliphatic heterocycles. The predicted molar refractivity (Wildman–Crippen MR) is 139 cm³/mol. The standard InChI is InChI=1S/C27H23Cl2N3O5/c28-20-11-12-22(21(29)14-20)30-23(33)16-37-27(36)19-13-24(34)32(15-19)31-26(35)25(17-7-3-1-4-8-17)18-9-5-2-6-10-18/h1-12,14,19,25H,13,15-16H2,(H,30,33)(H,31,35)/t19-/m1/s1. The lowest BCUT2D eigenvalue weighted by atomic mass is 9.91. The number of ether oxygens (including phenoxy) is 1. The molecule has 4 rings (SSSR count). The molecule has 1 heterocycles. The molecule has 190 valence electrons. The lowest BCUT2D eigenvalue weighted by molar-refractivity contribution is -0.151. The Bertz CT molecular complexity index is 1260. The van der Waals surface area contributed by atoms with Gasteiger partial charge >= 0.3 is 5.97 Å². The Morgan fingerprint density at radius 3 is 2.16 bits per heavy atom. The maximum absolute atomic E-state index is 13.3. The predicted octanol–water partition coefficient (Wildman–Crippen LogP) is 4.19. The molecular formula is C27H23Cl2N3O5. The molecule has 3 amide bonds. The molecule has 2 N–H and O–H groups in total. The molecule has 0 aliphatic carbocycles. The van der Waals surface area contributed by atoms with Gasteiger partial charge in [0.2, 0.25) is 5.91 Å². The molecule has 0 radical (unpaired) electrons. The number of benzene rings is 3. The number of carbonyl (C=O) groups is 4. The van der Waals surface area contributed by atoms with Crippen molar-refractivity contribution in [2.45, 2.75) is 12.3 Å². The number of nitrogens with zero attached hydrogens (tertiary/aromatic N) is 1. The van der Waals surface area contributed by atoms with Crippen LogP contribution in [0.25, 0.3) is 0 Å². The average Bonchev–Trinajstić information content (AvgIpc) is 3.25. The van der Waals surface area contributed by atoms with E-state index in [4.69, 9.17) is 27.9 Å². The number of anilines is 1. The number of amides is 3. The summed E-state index contributed by atoms with van der Waals surface area (Å²) in [6, 6.07) is 23.0. The van der Waals surface area contributed by atoms with Gasteiger partial charge in [-0.25, -0.2) is 0 Å². The van der Waals surface area contributed by atoms with Gasteiger partial charge in [0, 0.05) is 11.4 Å². The Morgan fingerprint density at radius 2 is 1.57 bits per heavy atom. The van der Waals surface area contributed by atoms with Crippen LogP contribution in [0.4, 0.5) is 5.69 Å². The van der Waals surface area contributed by atoms with Crippen LogP contribution < -0.4 is 10.7 Å². The van der Waals surface area contributed by atoms with Crippen molar-refractivity contribution in [3.63, 3.8) is 0 Å². The second-order valence-electron chi connectivity index (χ2n) is 8.42. The SMILES string of the molecule is O=C(COC(=O)[C@@H]1CC(=O)N(NC(=O)C(c2ccccc2)c2ccccc2)C1)Nc1ccc(Cl)cc1Cl. The number of halogens is 2. The molecule has 3 aromatic carbocycles. The van der Waals surface area contributed by atoms with E-state index in [0.717, 1.165) is 16.1 Å². The molecule has 0 unspecified atom stereocenters. The number of hydrazine groups is 1. The van der Waals surface area contributed by atoms with Gasteiger partial charge < -0.3 is 10.1 Å². The number of hydrogen-bond acceptors (Lipinski definition) is 5. The van der Waals surface area contributed by atoms with Gasteiger partial charge in [0.15, 0.2) is 6.61 Å². The summed E-state index contributed by atoms with van der Waals surface area (Å²) in [5.41, 5.74) is 4.50. The van der Waals surface area contributed by atoms with E-state index in [0.29, 0.717) is 10.7 Å². The molecule has 37 heavy (non-hydrogen) atoms. The van der Waals surface area contributed by atoms with Crippen molar-refractivity contribution < 1.29 is 23.9 Å². The van der Waals surface area contributed by atoms with Crippen molar-refractivity contribution in [1.82, 2.24) is 10.4 Å². The van der Waals surface area contributed by atoms with Crippen LogP contribution in [0.15, 0.2) is 78.9 Å². The van der Waals surface area contributed by atoms with E-state index in [1.54, 1.807) is 6.07 Å². The quantitative estimate of drug-likeness (QED) is 0.417. The van der Waals surface area contributed by atoms with Gasteiger partial charge in [-0.05, 0) is 29.3 Å². The number of rotatable bonds is 8. The van der Waals surface area contributed by atoms with Crippen molar-refractivity contribution in [2.24, 2.45) is 5.92 Å². The van der Waals surface area contributed by atoms with Crippen molar-refractivity contribution in [2.75, 3.05) is 18.5 Å². The first kappa shape index (κ1) is 26.2. The minimum Gasteiger partial charge on any atom is -0.455 e. The zero-order chi connectivity index (χ0) is 26.4. The number of esters is 1. The van der Waals surface area contributed by atoms with Gasteiger partial charge in [0.25, 0.3) is 11.8 Å². The Kier molecular flexibility index (Phi) is 8.43. The van der Waals surface area contributed by atoms with Crippen molar-refractivity contribution in [3.05, 3.63) is 100 Å². The lowest BCUT2D eigenvalue weighted by Crippen LogP contribution is -2.45. The summed E-state index contributed by atoms with van der Waals surface area (Å²) >= 11 is 11.9. The van der Waals surface area contributed by atoms with Crippen LogP contribution >= 0.6 is 23.2 Å². The fourth-order valence-electron chi connectivity index (χ4n) is 3.99. The normalized spacial score (nSPS) is 14.9. The van der Waals surface area contributed by atoms with E-state index in [1.807, 2.05) is 60.7 Å². The van der Waals surface area contributed by atoms with Gasteiger partial charge in [0.1, 0.15) is 0 Å². The van der Waals surface area contributed by atoms with Gasteiger partial charge in [-0.1, -0.05) is 83.9 Å². The molecule has 1 fully saturated rings. The van der Waals surface area contributed by atoms with Crippen LogP contribution in [0.3, 0.4) is 0 Å². The number of hydrogen-bond donors (Lipinski definition) is 2. The Labute approximate surface area is 223 Å². The van der Waals surface area contributed by atoms with Crippen LogP contribution in [0, 0.1) is 5.92 Å². The van der Waals surface area contributed by atoms with E-state index in [2.05, 4.69) is 10.7 Å². The van der Waals surface area contributed by atoms with Gasteiger partial charge in [-0.3, -0.25) is 29.6 Å². The minimum absolute atomic E-state index is 0.0651. The first-order valence-corrected chi connectivity index (χ1v) is 12.2. The van der Waals surface area contributed by atoms with Crippen LogP contribution in [0.1, 0.15) is 23.5 Å². The van der Waals surface area contributed by atoms with Gasteiger partial charge in [-0.2, -0.15) is 0 Å². The molecule has 3 aromatic rings. The highest BCUT2D eigenvalue weighted by Gasteiger charge is 2.37. The van der Waals surface area contributed by atoms with Crippen LogP contribution in [0.2, 0.25) is 10.0 Å². The Balaban J connectivity index is 1.34. The second-order valence-corrected chi connectivity index (χ2v) is 9.26. The first-order valence-electron chi connectivity index (χ1n) is 11.4. The number of carbonyl (C=O) groups excluding carboxylic acids is 4. The third kappa shape index (κ3) is 6.67. The second kappa shape index (κ2) is 11.9. The zero-order valence-corrected chi connectivity index (χ0v) is 21.0. The highest BCUT2D eigenvalue weighted by atomic mass is 35.5. The third-order valence-electron chi connectivity index (χ3n) is 5.78. The zero-order valence-electron chi connectivity index (χ0n) is 19.5. The minimum atomic E-state index is -0.827. The van der Waals surface area contributed by atoms with E-state index in [1.165, 1.54) is 12.1 Å². The van der Waals surface area contributed by atoms with E-state index < -0.39 is 42.1 Å². The van der Waals surface area contributed by atoms with E-state index in [-0.39, 0.29) is 18.0 Å². The molecule has 8 nitrogen and oxygen atoms in total. The molecule has 0 aromatic heterocycles. The first-order chi connectivity index (χ1) is 17.8. The van der Waals surface area contributed by atoms with Crippen LogP contribution in [0.5, 0.6) is 0 Å². The summed E-state index contributed by atoms with van der Waals surface area (Å²) < 4.78 is 5.10. The highest BCUT2D eigenvalue weighted by molar-refractivity contribution is 6.36. The summed E-state index contributed by atoms with van der Waals surface area (Å²) in [6.07, 6.45) is -0.148. The Morgan fingerprint density at radius 1 is 0.946 bits per heavy atom.